The molecule has 8 nitrogen and oxygen atoms in total. The molecular formula is C29H35N5O3. The molecule has 0 radical (unpaired) electrons. The summed E-state index contributed by atoms with van der Waals surface area (Å²) in [4.78, 5) is 29.5. The number of allylic oxidation sites excluding steroid dienone is 2. The minimum atomic E-state index is -0.497. The van der Waals surface area contributed by atoms with Crippen LogP contribution >= 0.6 is 0 Å². The summed E-state index contributed by atoms with van der Waals surface area (Å²) in [6.07, 6.45) is 7.69. The molecular weight excluding hydrogens is 466 g/mol. The van der Waals surface area contributed by atoms with Gasteiger partial charge in [0, 0.05) is 25.2 Å². The van der Waals surface area contributed by atoms with Crippen LogP contribution < -0.4 is 10.2 Å². The normalized spacial score (nSPS) is 14.8. The number of nitriles is 2. The van der Waals surface area contributed by atoms with Crippen molar-refractivity contribution in [3.8, 4) is 12.1 Å². The van der Waals surface area contributed by atoms with Crippen molar-refractivity contribution in [2.24, 2.45) is 5.92 Å². The van der Waals surface area contributed by atoms with Crippen molar-refractivity contribution in [2.75, 3.05) is 25.1 Å². The molecule has 1 aromatic carbocycles. The molecule has 1 aromatic rings. The Labute approximate surface area is 220 Å². The molecule has 1 aliphatic rings. The van der Waals surface area contributed by atoms with Gasteiger partial charge < -0.3 is 15.0 Å². The molecule has 0 saturated carbocycles. The first-order chi connectivity index (χ1) is 17.9. The highest BCUT2D eigenvalue weighted by atomic mass is 16.5. The third-order valence-corrected chi connectivity index (χ3v) is 6.61. The second-order valence-electron chi connectivity index (χ2n) is 9.06. The molecule has 0 saturated heterocycles. The number of nitrogens with one attached hydrogen (secondary N) is 1. The maximum atomic E-state index is 12.7. The fourth-order valence-electron chi connectivity index (χ4n) is 4.42. The number of carbonyl (C=O) groups excluding carboxylic acids is 2. The molecule has 0 bridgehead atoms. The van der Waals surface area contributed by atoms with E-state index in [2.05, 4.69) is 28.9 Å². The number of amides is 1. The number of esters is 1. The van der Waals surface area contributed by atoms with E-state index < -0.39 is 5.91 Å². The van der Waals surface area contributed by atoms with Crippen LogP contribution in [0.1, 0.15) is 70.8 Å². The Hall–Kier alpha value is -4.09. The molecule has 1 heterocycles. The molecule has 0 aliphatic carbocycles. The predicted molar refractivity (Wildman–Crippen MR) is 142 cm³/mol. The summed E-state index contributed by atoms with van der Waals surface area (Å²) >= 11 is 0. The zero-order valence-corrected chi connectivity index (χ0v) is 22.0. The highest BCUT2D eigenvalue weighted by Crippen LogP contribution is 2.32. The van der Waals surface area contributed by atoms with Crippen LogP contribution in [0.3, 0.4) is 0 Å². The summed E-state index contributed by atoms with van der Waals surface area (Å²) in [5, 5.41) is 21.4. The summed E-state index contributed by atoms with van der Waals surface area (Å²) in [7, 11) is 1.41. The van der Waals surface area contributed by atoms with Crippen LogP contribution in [0.5, 0.6) is 0 Å². The Kier molecular flexibility index (Phi) is 11.9. The first-order valence-electron chi connectivity index (χ1n) is 12.8. The second-order valence-corrected chi connectivity index (χ2v) is 9.06. The number of unbranched alkanes of at least 4 members (excludes halogenated alkanes) is 3. The van der Waals surface area contributed by atoms with Gasteiger partial charge in [0.25, 0.3) is 11.6 Å². The van der Waals surface area contributed by atoms with Gasteiger partial charge in [0.1, 0.15) is 6.07 Å². The van der Waals surface area contributed by atoms with Crippen LogP contribution in [0.15, 0.2) is 41.2 Å². The number of ether oxygens (including phenoxy) is 1. The first kappa shape index (κ1) is 29.1. The van der Waals surface area contributed by atoms with E-state index in [4.69, 9.17) is 11.3 Å². The molecule has 1 N–H and O–H groups in total. The second kappa shape index (κ2) is 15.1. The standard InChI is InChI=1S/C29H35N5O3/c1-5-7-11-21(6-2)20-34(17-10-8-9-12-26(35)37-4)23-15-13-22(14-16-23)27-24(18-30)28(33-29(27)36)25(19-31)32-3/h13-16,21H,5-12,17,20H2,1-2,4H3,(H,33,36). The maximum absolute atomic E-state index is 12.7. The summed E-state index contributed by atoms with van der Waals surface area (Å²) in [6.45, 7) is 13.3. The first-order valence-corrected chi connectivity index (χ1v) is 12.8. The predicted octanol–water partition coefficient (Wildman–Crippen LogP) is 5.50. The number of nitrogens with zero attached hydrogens (tertiary/aromatic N) is 4. The minimum absolute atomic E-state index is 0.0124. The quantitative estimate of drug-likeness (QED) is 0.156. The number of rotatable bonds is 14. The third-order valence-electron chi connectivity index (χ3n) is 6.61. The zero-order chi connectivity index (χ0) is 27.2. The van der Waals surface area contributed by atoms with E-state index in [0.29, 0.717) is 17.9 Å². The van der Waals surface area contributed by atoms with E-state index in [9.17, 15) is 20.1 Å². The minimum Gasteiger partial charge on any atom is -0.469 e. The van der Waals surface area contributed by atoms with Gasteiger partial charge in [-0.1, -0.05) is 51.7 Å². The average Bonchev–Trinajstić information content (AvgIpc) is 3.25. The number of hydrogen-bond donors (Lipinski definition) is 1. The molecule has 0 aromatic heterocycles. The van der Waals surface area contributed by atoms with Crippen LogP contribution in [0, 0.1) is 35.2 Å². The molecule has 8 heteroatoms. The smallest absolute Gasteiger partial charge is 0.305 e. The molecule has 1 unspecified atom stereocenters. The van der Waals surface area contributed by atoms with Crippen LogP contribution in [-0.2, 0) is 14.3 Å². The van der Waals surface area contributed by atoms with Gasteiger partial charge in [-0.15, -0.1) is 0 Å². The van der Waals surface area contributed by atoms with Gasteiger partial charge in [-0.05, 0) is 42.9 Å². The lowest BCUT2D eigenvalue weighted by Crippen LogP contribution is -2.30. The van der Waals surface area contributed by atoms with E-state index >= 15 is 0 Å². The van der Waals surface area contributed by atoms with Crippen LogP contribution in [0.2, 0.25) is 0 Å². The lowest BCUT2D eigenvalue weighted by Gasteiger charge is -2.29. The Balaban J connectivity index is 2.28. The number of benzene rings is 1. The Morgan fingerprint density at radius 3 is 2.46 bits per heavy atom. The van der Waals surface area contributed by atoms with E-state index in [1.807, 2.05) is 30.3 Å². The molecule has 1 atom stereocenters. The maximum Gasteiger partial charge on any atom is 0.305 e. The molecule has 0 spiro atoms. The van der Waals surface area contributed by atoms with Gasteiger partial charge in [0.15, 0.2) is 0 Å². The van der Waals surface area contributed by atoms with Crippen LogP contribution in [-0.4, -0.2) is 32.1 Å². The van der Waals surface area contributed by atoms with E-state index in [1.165, 1.54) is 20.0 Å². The lowest BCUT2D eigenvalue weighted by molar-refractivity contribution is -0.140. The van der Waals surface area contributed by atoms with E-state index in [1.54, 1.807) is 6.07 Å². The molecule has 2 rings (SSSR count). The molecule has 1 amide bonds. The number of methoxy groups -OCH3 is 1. The Morgan fingerprint density at radius 2 is 1.89 bits per heavy atom. The Bertz CT molecular complexity index is 1130. The zero-order valence-electron chi connectivity index (χ0n) is 22.0. The van der Waals surface area contributed by atoms with E-state index in [0.717, 1.165) is 50.9 Å². The highest BCUT2D eigenvalue weighted by molar-refractivity contribution is 6.26. The molecule has 37 heavy (non-hydrogen) atoms. The monoisotopic (exact) mass is 501 g/mol. The SMILES string of the molecule is [C-]#[N+]C(C#N)=C1NC(=O)C(c2ccc(N(CCCCCC(=O)OC)CC(CC)CCCC)cc2)=C1C#N. The van der Waals surface area contributed by atoms with Gasteiger partial charge in [-0.25, -0.2) is 10.1 Å². The van der Waals surface area contributed by atoms with Crippen molar-refractivity contribution in [1.82, 2.24) is 5.32 Å². The molecule has 194 valence electrons. The Morgan fingerprint density at radius 1 is 1.16 bits per heavy atom. The summed E-state index contributed by atoms with van der Waals surface area (Å²) in [6, 6.07) is 11.3. The van der Waals surface area contributed by atoms with Crippen molar-refractivity contribution >= 4 is 23.1 Å². The number of anilines is 1. The molecule has 0 fully saturated rings. The topological polar surface area (TPSA) is 111 Å². The fourth-order valence-corrected chi connectivity index (χ4v) is 4.42. The van der Waals surface area contributed by atoms with Crippen LogP contribution in [0.25, 0.3) is 10.4 Å². The number of carbonyl (C=O) groups is 2. The van der Waals surface area contributed by atoms with Gasteiger partial charge in [0.2, 0.25) is 0 Å². The summed E-state index contributed by atoms with van der Waals surface area (Å²) in [5.74, 6) is -0.117. The fraction of sp³-hybridized carbons (Fsp3) is 0.483. The van der Waals surface area contributed by atoms with Gasteiger partial charge in [-0.2, -0.15) is 5.26 Å². The summed E-state index contributed by atoms with van der Waals surface area (Å²) < 4.78 is 4.73. The van der Waals surface area contributed by atoms with Gasteiger partial charge in [0.05, 0.1) is 36.6 Å². The highest BCUT2D eigenvalue weighted by Gasteiger charge is 2.31. The number of hydrogen-bond acceptors (Lipinski definition) is 6. The van der Waals surface area contributed by atoms with Crippen LogP contribution in [0.4, 0.5) is 5.69 Å². The van der Waals surface area contributed by atoms with Gasteiger partial charge in [-0.3, -0.25) is 9.59 Å². The molecule has 1 aliphatic heterocycles. The largest absolute Gasteiger partial charge is 0.469 e. The van der Waals surface area contributed by atoms with Crippen molar-refractivity contribution in [1.29, 1.82) is 10.5 Å². The van der Waals surface area contributed by atoms with Crippen molar-refractivity contribution in [3.05, 3.63) is 58.2 Å². The lowest BCUT2D eigenvalue weighted by atomic mass is 9.97. The van der Waals surface area contributed by atoms with Crippen molar-refractivity contribution in [3.63, 3.8) is 0 Å². The van der Waals surface area contributed by atoms with Crippen molar-refractivity contribution in [2.45, 2.75) is 65.2 Å². The third kappa shape index (κ3) is 7.95. The average molecular weight is 502 g/mol. The van der Waals surface area contributed by atoms with E-state index in [-0.39, 0.29) is 28.5 Å². The summed E-state index contributed by atoms with van der Waals surface area (Å²) in [5.41, 5.74) is 1.43. The van der Waals surface area contributed by atoms with Gasteiger partial charge >= 0.3 is 5.97 Å². The van der Waals surface area contributed by atoms with Crippen molar-refractivity contribution < 1.29 is 14.3 Å².